The van der Waals surface area contributed by atoms with Crippen LogP contribution in [0.5, 0.6) is 11.5 Å². The topological polar surface area (TPSA) is 64.6 Å². The van der Waals surface area contributed by atoms with Crippen LogP contribution >= 0.6 is 11.3 Å². The van der Waals surface area contributed by atoms with Gasteiger partial charge in [-0.2, -0.15) is 0 Å². The number of nitrogens with zero attached hydrogens (tertiary/aromatic N) is 3. The van der Waals surface area contributed by atoms with Gasteiger partial charge in [-0.1, -0.05) is 31.3 Å². The van der Waals surface area contributed by atoms with Crippen LogP contribution in [0.2, 0.25) is 0 Å². The molecule has 152 valence electrons. The first-order valence-corrected chi connectivity index (χ1v) is 9.88. The summed E-state index contributed by atoms with van der Waals surface area (Å²) in [5, 5.41) is 9.56. The van der Waals surface area contributed by atoms with E-state index in [1.165, 1.54) is 29.5 Å². The van der Waals surface area contributed by atoms with Crippen molar-refractivity contribution in [2.75, 3.05) is 25.7 Å². The molecule has 1 aromatic heterocycles. The first-order chi connectivity index (χ1) is 13.9. The molecule has 8 heteroatoms. The Kier molecular flexibility index (Phi) is 6.43. The van der Waals surface area contributed by atoms with Crippen molar-refractivity contribution in [1.29, 1.82) is 0 Å². The lowest BCUT2D eigenvalue weighted by Gasteiger charge is -2.21. The largest absolute Gasteiger partial charge is 0.493 e. The van der Waals surface area contributed by atoms with E-state index in [0.29, 0.717) is 28.2 Å². The van der Waals surface area contributed by atoms with Crippen molar-refractivity contribution < 1.29 is 18.7 Å². The third-order valence-electron chi connectivity index (χ3n) is 4.14. The molecule has 0 radical (unpaired) electrons. The number of amides is 1. The fourth-order valence-corrected chi connectivity index (χ4v) is 3.65. The predicted octanol–water partition coefficient (Wildman–Crippen LogP) is 4.66. The molecule has 3 aromatic rings. The molecule has 0 atom stereocenters. The number of carbonyl (C=O) groups excluding carboxylic acids is 1. The van der Waals surface area contributed by atoms with Gasteiger partial charge in [0.05, 0.1) is 14.2 Å². The van der Waals surface area contributed by atoms with Gasteiger partial charge in [-0.05, 0) is 42.3 Å². The Hall–Kier alpha value is -3.00. The second-order valence-electron chi connectivity index (χ2n) is 6.78. The molecule has 29 heavy (non-hydrogen) atoms. The fourth-order valence-electron chi connectivity index (χ4n) is 2.80. The Morgan fingerprint density at radius 1 is 1.10 bits per heavy atom. The number of carbonyl (C=O) groups is 1. The van der Waals surface area contributed by atoms with Crippen LogP contribution < -0.4 is 14.4 Å². The minimum absolute atomic E-state index is 0.195. The Morgan fingerprint density at radius 3 is 2.52 bits per heavy atom. The number of aromatic nitrogens is 2. The zero-order valence-electron chi connectivity index (χ0n) is 16.7. The summed E-state index contributed by atoms with van der Waals surface area (Å²) < 4.78 is 24.2. The summed E-state index contributed by atoms with van der Waals surface area (Å²) in [6.45, 7) is 4.44. The summed E-state index contributed by atoms with van der Waals surface area (Å²) in [7, 11) is 3.14. The summed E-state index contributed by atoms with van der Waals surface area (Å²) in [4.78, 5) is 14.6. The zero-order valence-corrected chi connectivity index (χ0v) is 17.5. The molecule has 0 aliphatic rings. The van der Waals surface area contributed by atoms with Crippen LogP contribution in [0, 0.1) is 11.7 Å². The van der Waals surface area contributed by atoms with Crippen molar-refractivity contribution in [2.45, 2.75) is 13.8 Å². The van der Waals surface area contributed by atoms with E-state index < -0.39 is 5.82 Å². The van der Waals surface area contributed by atoms with Crippen LogP contribution in [0.3, 0.4) is 0 Å². The van der Waals surface area contributed by atoms with Crippen LogP contribution in [0.1, 0.15) is 24.2 Å². The number of methoxy groups -OCH3 is 2. The van der Waals surface area contributed by atoms with Gasteiger partial charge in [0.25, 0.3) is 5.91 Å². The van der Waals surface area contributed by atoms with Crippen molar-refractivity contribution in [3.63, 3.8) is 0 Å². The second kappa shape index (κ2) is 9.00. The Morgan fingerprint density at radius 2 is 1.86 bits per heavy atom. The molecule has 0 aliphatic carbocycles. The van der Waals surface area contributed by atoms with Gasteiger partial charge in [-0.25, -0.2) is 4.39 Å². The number of halogens is 1. The van der Waals surface area contributed by atoms with Crippen LogP contribution in [0.15, 0.2) is 42.5 Å². The van der Waals surface area contributed by atoms with Gasteiger partial charge in [0.15, 0.2) is 11.5 Å². The van der Waals surface area contributed by atoms with Crippen LogP contribution in [-0.2, 0) is 0 Å². The highest BCUT2D eigenvalue weighted by Gasteiger charge is 2.23. The van der Waals surface area contributed by atoms with Gasteiger partial charge in [0.1, 0.15) is 10.8 Å². The lowest BCUT2D eigenvalue weighted by molar-refractivity contribution is 0.0983. The standard InChI is InChI=1S/C21H22FN3O3S/c1-13(2)12-25(20(26)15-6-5-7-16(22)10-15)21-24-23-19(29-21)14-8-9-17(27-3)18(11-14)28-4/h5-11,13H,12H2,1-4H3. The molecule has 6 nitrogen and oxygen atoms in total. The number of hydrogen-bond acceptors (Lipinski definition) is 6. The monoisotopic (exact) mass is 415 g/mol. The normalized spacial score (nSPS) is 10.8. The fraction of sp³-hybridized carbons (Fsp3) is 0.286. The number of rotatable bonds is 7. The predicted molar refractivity (Wildman–Crippen MR) is 111 cm³/mol. The highest BCUT2D eigenvalue weighted by atomic mass is 32.1. The van der Waals surface area contributed by atoms with E-state index in [-0.39, 0.29) is 17.4 Å². The zero-order chi connectivity index (χ0) is 21.0. The van der Waals surface area contributed by atoms with Gasteiger partial charge in [-0.15, -0.1) is 10.2 Å². The summed E-state index contributed by atoms with van der Waals surface area (Å²) in [6.07, 6.45) is 0. The van der Waals surface area contributed by atoms with Crippen molar-refractivity contribution in [3.05, 3.63) is 53.8 Å². The molecule has 0 spiro atoms. The van der Waals surface area contributed by atoms with Gasteiger partial charge in [0.2, 0.25) is 5.13 Å². The van der Waals surface area contributed by atoms with Crippen molar-refractivity contribution in [2.24, 2.45) is 5.92 Å². The van der Waals surface area contributed by atoms with E-state index in [1.807, 2.05) is 26.0 Å². The van der Waals surface area contributed by atoms with E-state index in [4.69, 9.17) is 9.47 Å². The minimum Gasteiger partial charge on any atom is -0.493 e. The minimum atomic E-state index is -0.455. The van der Waals surface area contributed by atoms with E-state index in [0.717, 1.165) is 5.56 Å². The maximum Gasteiger partial charge on any atom is 0.260 e. The highest BCUT2D eigenvalue weighted by molar-refractivity contribution is 7.18. The maximum absolute atomic E-state index is 13.6. The molecule has 0 N–H and O–H groups in total. The number of anilines is 1. The van der Waals surface area contributed by atoms with Gasteiger partial charge >= 0.3 is 0 Å². The first-order valence-electron chi connectivity index (χ1n) is 9.06. The third-order valence-corrected chi connectivity index (χ3v) is 5.14. The van der Waals surface area contributed by atoms with Crippen molar-refractivity contribution >= 4 is 22.4 Å². The number of hydrogen-bond donors (Lipinski definition) is 0. The molecule has 1 amide bonds. The molecule has 0 bridgehead atoms. The summed E-state index contributed by atoms with van der Waals surface area (Å²) in [5.74, 6) is 0.623. The quantitative estimate of drug-likeness (QED) is 0.561. The lowest BCUT2D eigenvalue weighted by Crippen LogP contribution is -2.34. The molecule has 1 heterocycles. The van der Waals surface area contributed by atoms with Gasteiger partial charge < -0.3 is 9.47 Å². The second-order valence-corrected chi connectivity index (χ2v) is 7.74. The van der Waals surface area contributed by atoms with Gasteiger partial charge in [-0.3, -0.25) is 9.69 Å². The number of ether oxygens (including phenoxy) is 2. The Bertz CT molecular complexity index is 1010. The first kappa shape index (κ1) is 20.7. The summed E-state index contributed by atoms with van der Waals surface area (Å²) in [5.41, 5.74) is 1.07. The lowest BCUT2D eigenvalue weighted by atomic mass is 10.1. The van der Waals surface area contributed by atoms with E-state index in [9.17, 15) is 9.18 Å². The molecule has 0 saturated carbocycles. The van der Waals surface area contributed by atoms with E-state index in [1.54, 1.807) is 31.3 Å². The van der Waals surface area contributed by atoms with E-state index >= 15 is 0 Å². The van der Waals surface area contributed by atoms with Crippen LogP contribution in [0.4, 0.5) is 9.52 Å². The van der Waals surface area contributed by atoms with E-state index in [2.05, 4.69) is 10.2 Å². The molecule has 0 unspecified atom stereocenters. The SMILES string of the molecule is COc1ccc(-c2nnc(N(CC(C)C)C(=O)c3cccc(F)c3)s2)cc1OC. The third kappa shape index (κ3) is 4.71. The van der Waals surface area contributed by atoms with Gasteiger partial charge in [0, 0.05) is 17.7 Å². The summed E-state index contributed by atoms with van der Waals surface area (Å²) >= 11 is 1.29. The maximum atomic E-state index is 13.6. The Balaban J connectivity index is 1.95. The molecule has 0 saturated heterocycles. The molecule has 0 aliphatic heterocycles. The van der Waals surface area contributed by atoms with Crippen LogP contribution in [0.25, 0.3) is 10.6 Å². The molecular weight excluding hydrogens is 393 g/mol. The van der Waals surface area contributed by atoms with Crippen molar-refractivity contribution in [1.82, 2.24) is 10.2 Å². The summed E-state index contributed by atoms with van der Waals surface area (Å²) in [6, 6.07) is 11.1. The number of benzene rings is 2. The van der Waals surface area contributed by atoms with Crippen LogP contribution in [-0.4, -0.2) is 36.9 Å². The molecular formula is C21H22FN3O3S. The molecule has 2 aromatic carbocycles. The Labute approximate surface area is 172 Å². The average molecular weight is 415 g/mol. The van der Waals surface area contributed by atoms with Crippen molar-refractivity contribution in [3.8, 4) is 22.1 Å². The highest BCUT2D eigenvalue weighted by Crippen LogP contribution is 2.35. The average Bonchev–Trinajstić information content (AvgIpc) is 3.20. The smallest absolute Gasteiger partial charge is 0.260 e. The molecule has 3 rings (SSSR count). The molecule has 0 fully saturated rings.